The smallest absolute Gasteiger partial charge is 0.372 e. The van der Waals surface area contributed by atoms with Crippen LogP contribution in [-0.2, 0) is 6.61 Å². The fourth-order valence-electron chi connectivity index (χ4n) is 1.70. The lowest BCUT2D eigenvalue weighted by atomic mass is 10.2. The Balaban J connectivity index is 2.12. The summed E-state index contributed by atoms with van der Waals surface area (Å²) in [5.41, 5.74) is 1.38. The van der Waals surface area contributed by atoms with Crippen molar-refractivity contribution in [1.82, 2.24) is 0 Å². The number of benzene rings is 1. The Morgan fingerprint density at radius 2 is 2.11 bits per heavy atom. The highest BCUT2D eigenvalue weighted by atomic mass is 19.1. The van der Waals surface area contributed by atoms with Gasteiger partial charge in [-0.15, -0.1) is 0 Å². The lowest BCUT2D eigenvalue weighted by Crippen LogP contribution is -1.97. The molecule has 19 heavy (non-hydrogen) atoms. The van der Waals surface area contributed by atoms with Crippen LogP contribution in [-0.4, -0.2) is 11.1 Å². The number of hydrogen-bond donors (Lipinski definition) is 1. The number of carbonyl (C=O) groups is 1. The Hall–Kier alpha value is -2.30. The Morgan fingerprint density at radius 3 is 2.74 bits per heavy atom. The van der Waals surface area contributed by atoms with Gasteiger partial charge in [0.15, 0.2) is 11.6 Å². The molecule has 5 heteroatoms. The van der Waals surface area contributed by atoms with Crippen LogP contribution in [0.4, 0.5) is 4.39 Å². The molecular formula is C14H13FO4. The van der Waals surface area contributed by atoms with Crippen LogP contribution in [0.15, 0.2) is 28.7 Å². The SMILES string of the molecule is Cc1ccc(F)c(OCc2cc(C)c(C(=O)O)o2)c1. The van der Waals surface area contributed by atoms with E-state index in [1.54, 1.807) is 25.1 Å². The highest BCUT2D eigenvalue weighted by Crippen LogP contribution is 2.21. The molecule has 2 rings (SSSR count). The predicted octanol–water partition coefficient (Wildman–Crippen LogP) is 3.31. The van der Waals surface area contributed by atoms with Gasteiger partial charge in [0.2, 0.25) is 5.76 Å². The molecule has 1 N–H and O–H groups in total. The van der Waals surface area contributed by atoms with Gasteiger partial charge in [-0.05, 0) is 37.6 Å². The summed E-state index contributed by atoms with van der Waals surface area (Å²) >= 11 is 0. The molecule has 0 saturated carbocycles. The number of carboxylic acids is 1. The van der Waals surface area contributed by atoms with E-state index < -0.39 is 11.8 Å². The normalized spacial score (nSPS) is 10.5. The minimum Gasteiger partial charge on any atom is -0.483 e. The third-order valence-corrected chi connectivity index (χ3v) is 2.62. The summed E-state index contributed by atoms with van der Waals surface area (Å²) in [7, 11) is 0. The minimum atomic E-state index is -1.13. The first-order valence-corrected chi connectivity index (χ1v) is 5.69. The van der Waals surface area contributed by atoms with Gasteiger partial charge in [0.1, 0.15) is 12.4 Å². The molecule has 1 aromatic carbocycles. The van der Waals surface area contributed by atoms with Crippen molar-refractivity contribution in [3.63, 3.8) is 0 Å². The molecule has 2 aromatic rings. The second-order valence-corrected chi connectivity index (χ2v) is 4.25. The largest absolute Gasteiger partial charge is 0.483 e. The standard InChI is InChI=1S/C14H13FO4/c1-8-3-4-11(15)12(5-8)18-7-10-6-9(2)13(19-10)14(16)17/h3-6H,7H2,1-2H3,(H,16,17). The molecule has 0 unspecified atom stereocenters. The Labute approximate surface area is 109 Å². The topological polar surface area (TPSA) is 59.7 Å². The third-order valence-electron chi connectivity index (χ3n) is 2.62. The summed E-state index contributed by atoms with van der Waals surface area (Å²) in [6.07, 6.45) is 0. The Bertz CT molecular complexity index is 616. The van der Waals surface area contributed by atoms with E-state index in [2.05, 4.69) is 0 Å². The van der Waals surface area contributed by atoms with E-state index in [1.807, 2.05) is 6.92 Å². The molecule has 0 amide bonds. The molecule has 0 aliphatic carbocycles. The summed E-state index contributed by atoms with van der Waals surface area (Å²) in [6.45, 7) is 3.43. The van der Waals surface area contributed by atoms with Crippen molar-refractivity contribution in [2.45, 2.75) is 20.5 Å². The summed E-state index contributed by atoms with van der Waals surface area (Å²) in [5, 5.41) is 8.85. The summed E-state index contributed by atoms with van der Waals surface area (Å²) < 4.78 is 23.8. The zero-order valence-electron chi connectivity index (χ0n) is 10.6. The molecule has 1 aromatic heterocycles. The van der Waals surface area contributed by atoms with Gasteiger partial charge in [0.05, 0.1) is 0 Å². The monoisotopic (exact) mass is 264 g/mol. The van der Waals surface area contributed by atoms with Crippen molar-refractivity contribution in [1.29, 1.82) is 0 Å². The zero-order valence-corrected chi connectivity index (χ0v) is 10.6. The van der Waals surface area contributed by atoms with Crippen LogP contribution in [0.2, 0.25) is 0 Å². The molecule has 0 spiro atoms. The van der Waals surface area contributed by atoms with Gasteiger partial charge in [-0.3, -0.25) is 0 Å². The van der Waals surface area contributed by atoms with Gasteiger partial charge < -0.3 is 14.3 Å². The van der Waals surface area contributed by atoms with Crippen LogP contribution < -0.4 is 4.74 Å². The van der Waals surface area contributed by atoms with Gasteiger partial charge in [0, 0.05) is 5.56 Å². The van der Waals surface area contributed by atoms with Crippen LogP contribution in [0.5, 0.6) is 5.75 Å². The number of ether oxygens (including phenoxy) is 1. The lowest BCUT2D eigenvalue weighted by Gasteiger charge is -2.06. The molecule has 0 atom stereocenters. The van der Waals surface area contributed by atoms with Crippen molar-refractivity contribution < 1.29 is 23.4 Å². The van der Waals surface area contributed by atoms with Gasteiger partial charge in [-0.1, -0.05) is 6.07 Å². The lowest BCUT2D eigenvalue weighted by molar-refractivity contribution is 0.0657. The maximum Gasteiger partial charge on any atom is 0.372 e. The molecule has 0 aliphatic rings. The average Bonchev–Trinajstić information content (AvgIpc) is 2.72. The van der Waals surface area contributed by atoms with E-state index in [9.17, 15) is 9.18 Å². The van der Waals surface area contributed by atoms with Crippen LogP contribution in [0, 0.1) is 19.7 Å². The first-order chi connectivity index (χ1) is 8.97. The molecule has 0 saturated heterocycles. The Morgan fingerprint density at radius 1 is 1.37 bits per heavy atom. The van der Waals surface area contributed by atoms with Gasteiger partial charge in [-0.2, -0.15) is 0 Å². The number of furan rings is 1. The van der Waals surface area contributed by atoms with Crippen LogP contribution in [0.3, 0.4) is 0 Å². The molecule has 0 fully saturated rings. The predicted molar refractivity (Wildman–Crippen MR) is 65.9 cm³/mol. The third kappa shape index (κ3) is 2.93. The highest BCUT2D eigenvalue weighted by Gasteiger charge is 2.15. The highest BCUT2D eigenvalue weighted by molar-refractivity contribution is 5.86. The number of aryl methyl sites for hydroxylation is 2. The van der Waals surface area contributed by atoms with Crippen molar-refractivity contribution in [2.75, 3.05) is 0 Å². The van der Waals surface area contributed by atoms with Crippen LogP contribution >= 0.6 is 0 Å². The summed E-state index contributed by atoms with van der Waals surface area (Å²) in [6, 6.07) is 6.10. The molecule has 0 aliphatic heterocycles. The van der Waals surface area contributed by atoms with Crippen LogP contribution in [0.1, 0.15) is 27.4 Å². The Kier molecular flexibility index (Phi) is 3.55. The van der Waals surface area contributed by atoms with Crippen molar-refractivity contribution in [3.05, 3.63) is 52.7 Å². The average molecular weight is 264 g/mol. The number of aromatic carboxylic acids is 1. The van der Waals surface area contributed by atoms with E-state index in [1.165, 1.54) is 6.07 Å². The summed E-state index contributed by atoms with van der Waals surface area (Å²) in [4.78, 5) is 10.8. The number of halogens is 1. The van der Waals surface area contributed by atoms with Gasteiger partial charge in [0.25, 0.3) is 0 Å². The fourth-order valence-corrected chi connectivity index (χ4v) is 1.70. The molecular weight excluding hydrogens is 251 g/mol. The molecule has 4 nitrogen and oxygen atoms in total. The fraction of sp³-hybridized carbons (Fsp3) is 0.214. The van der Waals surface area contributed by atoms with E-state index in [-0.39, 0.29) is 18.1 Å². The first-order valence-electron chi connectivity index (χ1n) is 5.69. The quantitative estimate of drug-likeness (QED) is 0.920. The van der Waals surface area contributed by atoms with Gasteiger partial charge in [-0.25, -0.2) is 9.18 Å². The van der Waals surface area contributed by atoms with E-state index in [0.717, 1.165) is 5.56 Å². The van der Waals surface area contributed by atoms with Crippen molar-refractivity contribution in [2.24, 2.45) is 0 Å². The van der Waals surface area contributed by atoms with Crippen LogP contribution in [0.25, 0.3) is 0 Å². The zero-order chi connectivity index (χ0) is 14.0. The molecule has 0 bridgehead atoms. The minimum absolute atomic E-state index is 0.0194. The molecule has 0 radical (unpaired) electrons. The van der Waals surface area contributed by atoms with E-state index in [4.69, 9.17) is 14.3 Å². The van der Waals surface area contributed by atoms with Gasteiger partial charge >= 0.3 is 5.97 Å². The van der Waals surface area contributed by atoms with Crippen molar-refractivity contribution in [3.8, 4) is 5.75 Å². The molecule has 1 heterocycles. The molecule has 100 valence electrons. The number of hydrogen-bond acceptors (Lipinski definition) is 3. The maximum atomic E-state index is 13.4. The van der Waals surface area contributed by atoms with Crippen molar-refractivity contribution >= 4 is 5.97 Å². The number of carboxylic acid groups (broad SMARTS) is 1. The first kappa shape index (κ1) is 13.1. The number of rotatable bonds is 4. The maximum absolute atomic E-state index is 13.4. The van der Waals surface area contributed by atoms with E-state index >= 15 is 0 Å². The van der Waals surface area contributed by atoms with E-state index in [0.29, 0.717) is 11.3 Å². The second kappa shape index (κ2) is 5.14. The second-order valence-electron chi connectivity index (χ2n) is 4.25. The summed E-state index contributed by atoms with van der Waals surface area (Å²) in [5.74, 6) is -1.26.